The Morgan fingerprint density at radius 1 is 1.35 bits per heavy atom. The fraction of sp³-hybridized carbons (Fsp3) is 0.400. The Morgan fingerprint density at radius 3 is 2.74 bits per heavy atom. The highest BCUT2D eigenvalue weighted by molar-refractivity contribution is 5.91. The third kappa shape index (κ3) is 3.21. The van der Waals surface area contributed by atoms with Crippen LogP contribution in [0, 0.1) is 11.6 Å². The average molecular weight is 321 g/mol. The van der Waals surface area contributed by atoms with Gasteiger partial charge in [0.1, 0.15) is 11.6 Å². The van der Waals surface area contributed by atoms with E-state index in [1.807, 2.05) is 4.90 Å². The molecular weight excluding hydrogens is 304 g/mol. The lowest BCUT2D eigenvalue weighted by Crippen LogP contribution is -2.47. The Balaban J connectivity index is 1.58. The van der Waals surface area contributed by atoms with Gasteiger partial charge >= 0.3 is 0 Å². The second-order valence-corrected chi connectivity index (χ2v) is 5.87. The molecule has 1 fully saturated rings. The lowest BCUT2D eigenvalue weighted by molar-refractivity contribution is 0.0820. The zero-order valence-electron chi connectivity index (χ0n) is 12.9. The highest BCUT2D eigenvalue weighted by Crippen LogP contribution is 2.23. The summed E-state index contributed by atoms with van der Waals surface area (Å²) >= 11 is 0. The maximum absolute atomic E-state index is 13.6. The van der Waals surface area contributed by atoms with Crippen LogP contribution in [0.1, 0.15) is 22.1 Å². The fourth-order valence-electron chi connectivity index (χ4n) is 2.51. The maximum Gasteiger partial charge on any atom is 0.275 e. The standard InChI is InChI=1S/C15H17F2N5O/c1-20(2)15(23)14-9-22(19-18-14)12-7-21(8-12)6-10-3-4-11(16)5-13(10)17/h3-5,9,12H,6-8H2,1-2H3. The number of hydrogen-bond acceptors (Lipinski definition) is 4. The molecule has 0 atom stereocenters. The quantitative estimate of drug-likeness (QED) is 0.852. The van der Waals surface area contributed by atoms with Crippen LogP contribution in [0.4, 0.5) is 8.78 Å². The Hall–Kier alpha value is -2.35. The summed E-state index contributed by atoms with van der Waals surface area (Å²) in [5.41, 5.74) is 0.768. The molecule has 122 valence electrons. The molecule has 0 N–H and O–H groups in total. The van der Waals surface area contributed by atoms with Crippen LogP contribution in [0.5, 0.6) is 0 Å². The van der Waals surface area contributed by atoms with Gasteiger partial charge in [-0.05, 0) is 6.07 Å². The molecule has 0 aliphatic carbocycles. The lowest BCUT2D eigenvalue weighted by atomic mass is 10.1. The molecule has 0 unspecified atom stereocenters. The number of nitrogens with zero attached hydrogens (tertiary/aromatic N) is 5. The van der Waals surface area contributed by atoms with Gasteiger partial charge in [-0.2, -0.15) is 0 Å². The Bertz CT molecular complexity index is 724. The summed E-state index contributed by atoms with van der Waals surface area (Å²) in [6.45, 7) is 1.77. The molecule has 6 nitrogen and oxygen atoms in total. The number of rotatable bonds is 4. The molecule has 1 aliphatic heterocycles. The molecule has 0 bridgehead atoms. The third-order valence-corrected chi connectivity index (χ3v) is 3.86. The summed E-state index contributed by atoms with van der Waals surface area (Å²) < 4.78 is 28.2. The molecule has 2 aromatic rings. The summed E-state index contributed by atoms with van der Waals surface area (Å²) in [6.07, 6.45) is 1.63. The highest BCUT2D eigenvalue weighted by Gasteiger charge is 2.30. The molecule has 23 heavy (non-hydrogen) atoms. The van der Waals surface area contributed by atoms with Gasteiger partial charge in [0, 0.05) is 45.4 Å². The van der Waals surface area contributed by atoms with Crippen molar-refractivity contribution in [3.63, 3.8) is 0 Å². The minimum absolute atomic E-state index is 0.106. The van der Waals surface area contributed by atoms with Crippen LogP contribution in [0.2, 0.25) is 0 Å². The largest absolute Gasteiger partial charge is 0.343 e. The molecule has 1 aromatic carbocycles. The minimum Gasteiger partial charge on any atom is -0.343 e. The van der Waals surface area contributed by atoms with Crippen LogP contribution in [0.3, 0.4) is 0 Å². The Morgan fingerprint density at radius 2 is 2.09 bits per heavy atom. The van der Waals surface area contributed by atoms with Crippen LogP contribution in [0.25, 0.3) is 0 Å². The van der Waals surface area contributed by atoms with E-state index in [1.165, 1.54) is 17.0 Å². The van der Waals surface area contributed by atoms with E-state index < -0.39 is 11.6 Å². The summed E-state index contributed by atoms with van der Waals surface area (Å²) in [5.74, 6) is -1.30. The topological polar surface area (TPSA) is 54.3 Å². The molecule has 8 heteroatoms. The van der Waals surface area contributed by atoms with Gasteiger partial charge in [0.05, 0.1) is 12.2 Å². The van der Waals surface area contributed by atoms with E-state index in [0.717, 1.165) is 6.07 Å². The predicted octanol–water partition coefficient (Wildman–Crippen LogP) is 1.31. The first-order valence-electron chi connectivity index (χ1n) is 7.24. The molecule has 1 amide bonds. The van der Waals surface area contributed by atoms with Crippen molar-refractivity contribution in [2.24, 2.45) is 0 Å². The summed E-state index contributed by atoms with van der Waals surface area (Å²) in [6, 6.07) is 3.71. The summed E-state index contributed by atoms with van der Waals surface area (Å²) in [4.78, 5) is 15.3. The van der Waals surface area contributed by atoms with Crippen LogP contribution in [0.15, 0.2) is 24.4 Å². The first-order chi connectivity index (χ1) is 10.9. The van der Waals surface area contributed by atoms with E-state index in [9.17, 15) is 13.6 Å². The number of carbonyl (C=O) groups excluding carboxylic acids is 1. The van der Waals surface area contributed by atoms with E-state index in [4.69, 9.17) is 0 Å². The van der Waals surface area contributed by atoms with Gasteiger partial charge in [0.25, 0.3) is 5.91 Å². The van der Waals surface area contributed by atoms with E-state index in [-0.39, 0.29) is 11.9 Å². The first kappa shape index (κ1) is 15.5. The van der Waals surface area contributed by atoms with Crippen molar-refractivity contribution < 1.29 is 13.6 Å². The molecule has 0 saturated carbocycles. The van der Waals surface area contributed by atoms with Crippen molar-refractivity contribution >= 4 is 5.91 Å². The van der Waals surface area contributed by atoms with Gasteiger partial charge in [0.15, 0.2) is 5.69 Å². The number of amides is 1. The Labute approximate surface area is 132 Å². The summed E-state index contributed by atoms with van der Waals surface area (Å²) in [7, 11) is 3.31. The SMILES string of the molecule is CN(C)C(=O)c1cn(C2CN(Cc3ccc(F)cc3F)C2)nn1. The van der Waals surface area contributed by atoms with E-state index in [1.54, 1.807) is 25.0 Å². The molecule has 0 spiro atoms. The molecule has 1 saturated heterocycles. The number of aromatic nitrogens is 3. The maximum atomic E-state index is 13.6. The smallest absolute Gasteiger partial charge is 0.275 e. The van der Waals surface area contributed by atoms with E-state index in [2.05, 4.69) is 10.3 Å². The number of likely N-dealkylation sites (tertiary alicyclic amines) is 1. The van der Waals surface area contributed by atoms with Crippen molar-refractivity contribution in [3.05, 3.63) is 47.3 Å². The van der Waals surface area contributed by atoms with E-state index in [0.29, 0.717) is 30.9 Å². The van der Waals surface area contributed by atoms with Crippen molar-refractivity contribution in [1.29, 1.82) is 0 Å². The highest BCUT2D eigenvalue weighted by atomic mass is 19.1. The van der Waals surface area contributed by atoms with Crippen LogP contribution in [-0.2, 0) is 6.54 Å². The second kappa shape index (κ2) is 6.04. The van der Waals surface area contributed by atoms with Crippen molar-refractivity contribution in [2.45, 2.75) is 12.6 Å². The number of halogens is 2. The van der Waals surface area contributed by atoms with Crippen molar-refractivity contribution in [3.8, 4) is 0 Å². The average Bonchev–Trinajstić information content (AvgIpc) is 2.92. The Kier molecular flexibility index (Phi) is 4.08. The third-order valence-electron chi connectivity index (χ3n) is 3.86. The molecule has 2 heterocycles. The number of hydrogen-bond donors (Lipinski definition) is 0. The van der Waals surface area contributed by atoms with Crippen LogP contribution >= 0.6 is 0 Å². The lowest BCUT2D eigenvalue weighted by Gasteiger charge is -2.38. The van der Waals surface area contributed by atoms with Gasteiger partial charge in [-0.3, -0.25) is 9.69 Å². The zero-order chi connectivity index (χ0) is 16.6. The molecule has 1 aromatic heterocycles. The first-order valence-corrected chi connectivity index (χ1v) is 7.24. The zero-order valence-corrected chi connectivity index (χ0v) is 12.9. The van der Waals surface area contributed by atoms with Crippen molar-refractivity contribution in [2.75, 3.05) is 27.2 Å². The van der Waals surface area contributed by atoms with Gasteiger partial charge in [-0.25, -0.2) is 13.5 Å². The van der Waals surface area contributed by atoms with Gasteiger partial charge < -0.3 is 4.90 Å². The van der Waals surface area contributed by atoms with E-state index >= 15 is 0 Å². The van der Waals surface area contributed by atoms with Gasteiger partial charge in [-0.1, -0.05) is 11.3 Å². The number of carbonyl (C=O) groups is 1. The predicted molar refractivity (Wildman–Crippen MR) is 78.7 cm³/mol. The van der Waals surface area contributed by atoms with Crippen LogP contribution in [-0.4, -0.2) is 57.9 Å². The molecule has 1 aliphatic rings. The van der Waals surface area contributed by atoms with Crippen molar-refractivity contribution in [1.82, 2.24) is 24.8 Å². The molecule has 0 radical (unpaired) electrons. The van der Waals surface area contributed by atoms with Gasteiger partial charge in [0.2, 0.25) is 0 Å². The van der Waals surface area contributed by atoms with Crippen LogP contribution < -0.4 is 0 Å². The molecular formula is C15H17F2N5O. The monoisotopic (exact) mass is 321 g/mol. The summed E-state index contributed by atoms with van der Waals surface area (Å²) in [5, 5.41) is 7.86. The minimum atomic E-state index is -0.576. The number of benzene rings is 1. The second-order valence-electron chi connectivity index (χ2n) is 5.87. The normalized spacial score (nSPS) is 15.5. The molecule has 3 rings (SSSR count). The van der Waals surface area contributed by atoms with Gasteiger partial charge in [-0.15, -0.1) is 5.10 Å². The fourth-order valence-corrected chi connectivity index (χ4v) is 2.51.